The lowest BCUT2D eigenvalue weighted by atomic mass is 10.0. The summed E-state index contributed by atoms with van der Waals surface area (Å²) >= 11 is 13.8. The zero-order valence-electron chi connectivity index (χ0n) is 29.6. The second-order valence-electron chi connectivity index (χ2n) is 13.2. The van der Waals surface area contributed by atoms with E-state index in [9.17, 15) is 19.8 Å². The van der Waals surface area contributed by atoms with Gasteiger partial charge in [0.15, 0.2) is 11.8 Å². The summed E-state index contributed by atoms with van der Waals surface area (Å²) in [5, 5.41) is 31.0. The zero-order chi connectivity index (χ0) is 37.4. The van der Waals surface area contributed by atoms with E-state index in [1.807, 2.05) is 0 Å². The first-order valence-corrected chi connectivity index (χ1v) is 20.8. The molecule has 286 valence electrons. The number of nitrogens with one attached hydrogen (secondary N) is 2. The van der Waals surface area contributed by atoms with Gasteiger partial charge in [-0.2, -0.15) is 0 Å². The third-order valence-electron chi connectivity index (χ3n) is 8.57. The zero-order valence-corrected chi connectivity index (χ0v) is 35.9. The number of amides is 2. The van der Waals surface area contributed by atoms with Gasteiger partial charge in [0.25, 0.3) is 5.91 Å². The SMILES string of the molecule is COC1=C(Br)C[C@]2(OC=C1Br)ON=C(C(=O)NCCCOc1c(Br)cc(C(O)CNC(=O)CCCCCCCCCCCC(C)C)cc1Br)[C@@H]2O. The molecule has 2 amide bonds. The standard InChI is InChI=1S/C36H51Br4N3O8/c1-23(2)14-11-9-7-5-4-6-8-10-12-15-30(45)42-21-29(44)24-18-25(37)33(26(38)19-24)49-17-13-16-41-35(47)31-34(46)36(51-43-31)20-27(39)32(48-3)28(40)22-50-36/h18-19,22-23,29,34,44,46H,4-17,20-21H2,1-3H3,(H,41,47)(H,42,45)/t29?,34-,36-/m0/s1. The van der Waals surface area contributed by atoms with E-state index >= 15 is 0 Å². The van der Waals surface area contributed by atoms with E-state index < -0.39 is 23.9 Å². The van der Waals surface area contributed by atoms with Crippen molar-refractivity contribution >= 4 is 81.2 Å². The first-order chi connectivity index (χ1) is 24.4. The highest BCUT2D eigenvalue weighted by Gasteiger charge is 2.54. The van der Waals surface area contributed by atoms with E-state index in [4.69, 9.17) is 19.0 Å². The molecule has 0 fully saturated rings. The van der Waals surface area contributed by atoms with Gasteiger partial charge in [-0.25, -0.2) is 0 Å². The quantitative estimate of drug-likeness (QED) is 0.0846. The average Bonchev–Trinajstić information content (AvgIpc) is 3.33. The Labute approximate surface area is 335 Å². The van der Waals surface area contributed by atoms with Gasteiger partial charge in [0.2, 0.25) is 5.91 Å². The van der Waals surface area contributed by atoms with E-state index in [1.165, 1.54) is 58.3 Å². The van der Waals surface area contributed by atoms with Crippen LogP contribution in [-0.4, -0.2) is 66.4 Å². The van der Waals surface area contributed by atoms with E-state index in [-0.39, 0.29) is 37.7 Å². The molecule has 0 radical (unpaired) electrons. The summed E-state index contributed by atoms with van der Waals surface area (Å²) < 4.78 is 19.3. The summed E-state index contributed by atoms with van der Waals surface area (Å²) in [6, 6.07) is 3.51. The summed E-state index contributed by atoms with van der Waals surface area (Å²) in [6.45, 7) is 5.19. The number of ether oxygens (including phenoxy) is 3. The third kappa shape index (κ3) is 13.9. The van der Waals surface area contributed by atoms with Crippen LogP contribution in [0, 0.1) is 5.92 Å². The molecule has 4 N–H and O–H groups in total. The highest BCUT2D eigenvalue weighted by atomic mass is 79.9. The molecule has 0 aromatic heterocycles. The maximum Gasteiger partial charge on any atom is 0.311 e. The van der Waals surface area contributed by atoms with Crippen LogP contribution < -0.4 is 15.4 Å². The van der Waals surface area contributed by atoms with Gasteiger partial charge >= 0.3 is 5.79 Å². The van der Waals surface area contributed by atoms with Crippen molar-refractivity contribution in [2.45, 2.75) is 115 Å². The lowest BCUT2D eigenvalue weighted by Gasteiger charge is -2.27. The van der Waals surface area contributed by atoms with Crippen molar-refractivity contribution in [3.63, 3.8) is 0 Å². The molecule has 3 atom stereocenters. The Morgan fingerprint density at radius 1 is 0.980 bits per heavy atom. The molecule has 0 saturated heterocycles. The molecule has 51 heavy (non-hydrogen) atoms. The van der Waals surface area contributed by atoms with E-state index in [0.29, 0.717) is 47.8 Å². The summed E-state index contributed by atoms with van der Waals surface area (Å²) in [5.41, 5.74) is 0.413. The molecular weight excluding hydrogens is 922 g/mol. The van der Waals surface area contributed by atoms with Crippen LogP contribution in [0.15, 0.2) is 47.2 Å². The second kappa shape index (κ2) is 22.5. The molecule has 0 bridgehead atoms. The summed E-state index contributed by atoms with van der Waals surface area (Å²) in [6.07, 6.45) is 12.1. The van der Waals surface area contributed by atoms with Crippen LogP contribution in [0.3, 0.4) is 0 Å². The van der Waals surface area contributed by atoms with Crippen LogP contribution in [0.25, 0.3) is 0 Å². The van der Waals surface area contributed by atoms with Crippen molar-refractivity contribution in [1.82, 2.24) is 10.6 Å². The predicted molar refractivity (Wildman–Crippen MR) is 211 cm³/mol. The highest BCUT2D eigenvalue weighted by molar-refractivity contribution is 9.12. The van der Waals surface area contributed by atoms with Crippen LogP contribution >= 0.6 is 63.7 Å². The molecule has 11 nitrogen and oxygen atoms in total. The van der Waals surface area contributed by atoms with Crippen LogP contribution in [0.5, 0.6) is 5.75 Å². The summed E-state index contributed by atoms with van der Waals surface area (Å²) in [7, 11) is 1.50. The minimum atomic E-state index is -1.62. The van der Waals surface area contributed by atoms with Gasteiger partial charge in [0.05, 0.1) is 39.7 Å². The number of unbranched alkanes of at least 4 members (excludes halogenated alkanes) is 8. The molecule has 2 aliphatic heterocycles. The number of oxime groups is 1. The lowest BCUT2D eigenvalue weighted by molar-refractivity contribution is -0.225. The van der Waals surface area contributed by atoms with Crippen LogP contribution in [-0.2, 0) is 23.9 Å². The van der Waals surface area contributed by atoms with Crippen LogP contribution in [0.1, 0.15) is 109 Å². The second-order valence-corrected chi connectivity index (χ2v) is 16.7. The fraction of sp³-hybridized carbons (Fsp3) is 0.639. The first-order valence-electron chi connectivity index (χ1n) is 17.6. The Bertz CT molecular complexity index is 1380. The number of carbonyl (C=O) groups excluding carboxylic acids is 2. The fourth-order valence-electron chi connectivity index (χ4n) is 5.64. The maximum atomic E-state index is 12.8. The lowest BCUT2D eigenvalue weighted by Crippen LogP contribution is -2.49. The average molecular weight is 973 g/mol. The van der Waals surface area contributed by atoms with Gasteiger partial charge in [-0.1, -0.05) is 92.7 Å². The van der Waals surface area contributed by atoms with Crippen molar-refractivity contribution in [3.05, 3.63) is 47.6 Å². The molecule has 0 saturated carbocycles. The highest BCUT2D eigenvalue weighted by Crippen LogP contribution is 2.41. The van der Waals surface area contributed by atoms with Crippen molar-refractivity contribution in [2.75, 3.05) is 26.8 Å². The Hall–Kier alpha value is -1.65. The molecular formula is C36H51Br4N3O8. The molecule has 1 aromatic rings. The minimum Gasteiger partial charge on any atom is -0.495 e. The molecule has 0 aliphatic carbocycles. The smallest absolute Gasteiger partial charge is 0.311 e. The molecule has 1 spiro atoms. The number of halogens is 4. The van der Waals surface area contributed by atoms with Gasteiger partial charge in [-0.05, 0) is 84.2 Å². The van der Waals surface area contributed by atoms with Crippen molar-refractivity contribution in [2.24, 2.45) is 11.1 Å². The van der Waals surface area contributed by atoms with Crippen LogP contribution in [0.2, 0.25) is 0 Å². The molecule has 2 aliphatic rings. The number of hydrogen-bond acceptors (Lipinski definition) is 9. The van der Waals surface area contributed by atoms with E-state index in [0.717, 1.165) is 25.2 Å². The molecule has 3 rings (SSSR count). The number of aliphatic hydroxyl groups is 2. The fourth-order valence-corrected chi connectivity index (χ4v) is 8.61. The monoisotopic (exact) mass is 969 g/mol. The van der Waals surface area contributed by atoms with E-state index in [2.05, 4.69) is 93.4 Å². The summed E-state index contributed by atoms with van der Waals surface area (Å²) in [4.78, 5) is 30.6. The normalized spacial score (nSPS) is 19.2. The largest absolute Gasteiger partial charge is 0.495 e. The molecule has 1 unspecified atom stereocenters. The van der Waals surface area contributed by atoms with Gasteiger partial charge in [0.1, 0.15) is 17.8 Å². The van der Waals surface area contributed by atoms with Gasteiger partial charge in [0, 0.05) is 24.0 Å². The van der Waals surface area contributed by atoms with Crippen molar-refractivity contribution < 1.29 is 38.9 Å². The summed E-state index contributed by atoms with van der Waals surface area (Å²) in [5.74, 6) is -0.465. The van der Waals surface area contributed by atoms with Gasteiger partial charge in [-0.3, -0.25) is 9.59 Å². The van der Waals surface area contributed by atoms with Crippen molar-refractivity contribution in [1.29, 1.82) is 0 Å². The molecule has 2 heterocycles. The number of rotatable bonds is 22. The predicted octanol–water partition coefficient (Wildman–Crippen LogP) is 8.55. The minimum absolute atomic E-state index is 0.0460. The maximum absolute atomic E-state index is 12.8. The first kappa shape index (κ1) is 43.8. The number of allylic oxidation sites excluding steroid dienone is 1. The van der Waals surface area contributed by atoms with Gasteiger partial charge < -0.3 is 39.9 Å². The number of methoxy groups -OCH3 is 1. The number of nitrogens with zero attached hydrogens (tertiary/aromatic N) is 1. The Balaban J connectivity index is 1.31. The Morgan fingerprint density at radius 3 is 2.24 bits per heavy atom. The third-order valence-corrected chi connectivity index (χ3v) is 10.9. The topological polar surface area (TPSA) is 148 Å². The van der Waals surface area contributed by atoms with Gasteiger partial charge in [-0.15, -0.1) is 0 Å². The van der Waals surface area contributed by atoms with E-state index in [1.54, 1.807) is 12.1 Å². The van der Waals surface area contributed by atoms with Crippen LogP contribution in [0.4, 0.5) is 0 Å². The molecule has 1 aromatic carbocycles. The number of benzene rings is 1. The Kier molecular flexibility index (Phi) is 19.3. The molecule has 15 heteroatoms. The number of aliphatic hydroxyl groups excluding tert-OH is 2. The Morgan fingerprint density at radius 2 is 1.61 bits per heavy atom. The van der Waals surface area contributed by atoms with Crippen molar-refractivity contribution in [3.8, 4) is 5.75 Å². The number of carbonyl (C=O) groups is 2. The number of hydrogen-bond donors (Lipinski definition) is 4.